The SMILES string of the molecule is CCCCCCCC(=O)OCC(O)COC(=O)CC(O)(CC(=O)O)C(=O)O. The highest BCUT2D eigenvalue weighted by Crippen LogP contribution is 2.17. The summed E-state index contributed by atoms with van der Waals surface area (Å²) in [5, 5.41) is 36.7. The average molecular weight is 392 g/mol. The van der Waals surface area contributed by atoms with Crippen LogP contribution in [0.3, 0.4) is 0 Å². The summed E-state index contributed by atoms with van der Waals surface area (Å²) in [4.78, 5) is 44.5. The number of ether oxygens (including phenoxy) is 2. The van der Waals surface area contributed by atoms with Gasteiger partial charge in [0.25, 0.3) is 0 Å². The van der Waals surface area contributed by atoms with Gasteiger partial charge >= 0.3 is 23.9 Å². The van der Waals surface area contributed by atoms with Crippen LogP contribution in [-0.4, -0.2) is 69.2 Å². The molecular weight excluding hydrogens is 364 g/mol. The lowest BCUT2D eigenvalue weighted by Crippen LogP contribution is -2.43. The first-order valence-electron chi connectivity index (χ1n) is 8.77. The summed E-state index contributed by atoms with van der Waals surface area (Å²) in [5.74, 6) is -5.18. The summed E-state index contributed by atoms with van der Waals surface area (Å²) in [6, 6.07) is 0. The quantitative estimate of drug-likeness (QED) is 0.227. The van der Waals surface area contributed by atoms with E-state index in [2.05, 4.69) is 11.7 Å². The number of aliphatic carboxylic acids is 2. The molecule has 0 aromatic heterocycles. The van der Waals surface area contributed by atoms with Crippen molar-refractivity contribution in [3.63, 3.8) is 0 Å². The number of carboxylic acids is 2. The monoisotopic (exact) mass is 392 g/mol. The maximum absolute atomic E-state index is 11.6. The van der Waals surface area contributed by atoms with Crippen molar-refractivity contribution in [2.45, 2.75) is 70.0 Å². The molecular formula is C17H28O10. The van der Waals surface area contributed by atoms with Crippen molar-refractivity contribution in [2.75, 3.05) is 13.2 Å². The second kappa shape index (κ2) is 13.0. The van der Waals surface area contributed by atoms with Crippen LogP contribution >= 0.6 is 0 Å². The minimum atomic E-state index is -2.81. The van der Waals surface area contributed by atoms with Crippen LogP contribution in [0.4, 0.5) is 0 Å². The number of aliphatic hydroxyl groups is 2. The van der Waals surface area contributed by atoms with Gasteiger partial charge in [0.05, 0.1) is 12.8 Å². The first-order chi connectivity index (χ1) is 12.6. The highest BCUT2D eigenvalue weighted by molar-refractivity contribution is 5.88. The Morgan fingerprint density at radius 3 is 1.96 bits per heavy atom. The predicted octanol–water partition coefficient (Wildman–Crippen LogP) is 0.475. The van der Waals surface area contributed by atoms with Crippen molar-refractivity contribution in [3.05, 3.63) is 0 Å². The molecule has 0 saturated heterocycles. The fraction of sp³-hybridized carbons (Fsp3) is 0.765. The largest absolute Gasteiger partial charge is 0.481 e. The number of hydrogen-bond acceptors (Lipinski definition) is 8. The van der Waals surface area contributed by atoms with Crippen LogP contribution in [0.15, 0.2) is 0 Å². The van der Waals surface area contributed by atoms with E-state index in [-0.39, 0.29) is 6.42 Å². The molecule has 0 spiro atoms. The van der Waals surface area contributed by atoms with Gasteiger partial charge in [-0.15, -0.1) is 0 Å². The molecule has 10 heteroatoms. The molecule has 0 radical (unpaired) electrons. The van der Waals surface area contributed by atoms with E-state index in [9.17, 15) is 29.4 Å². The second-order valence-corrected chi connectivity index (χ2v) is 6.27. The van der Waals surface area contributed by atoms with Gasteiger partial charge in [-0.3, -0.25) is 14.4 Å². The Labute approximate surface area is 157 Å². The summed E-state index contributed by atoms with van der Waals surface area (Å²) < 4.78 is 9.43. The molecule has 0 saturated carbocycles. The van der Waals surface area contributed by atoms with Crippen LogP contribution in [0.25, 0.3) is 0 Å². The topological polar surface area (TPSA) is 168 Å². The zero-order valence-corrected chi connectivity index (χ0v) is 15.4. The van der Waals surface area contributed by atoms with Crippen LogP contribution in [-0.2, 0) is 28.7 Å². The second-order valence-electron chi connectivity index (χ2n) is 6.27. The molecule has 156 valence electrons. The summed E-state index contributed by atoms with van der Waals surface area (Å²) in [5.41, 5.74) is -2.81. The fourth-order valence-electron chi connectivity index (χ4n) is 2.13. The third-order valence-corrected chi connectivity index (χ3v) is 3.64. The predicted molar refractivity (Wildman–Crippen MR) is 90.8 cm³/mol. The van der Waals surface area contributed by atoms with E-state index in [1.807, 2.05) is 0 Å². The lowest BCUT2D eigenvalue weighted by Gasteiger charge is -2.20. The molecule has 0 aliphatic heterocycles. The van der Waals surface area contributed by atoms with Crippen LogP contribution in [0.1, 0.15) is 58.3 Å². The van der Waals surface area contributed by atoms with Crippen LogP contribution in [0.5, 0.6) is 0 Å². The van der Waals surface area contributed by atoms with E-state index >= 15 is 0 Å². The van der Waals surface area contributed by atoms with Crippen LogP contribution < -0.4 is 0 Å². The molecule has 0 amide bonds. The number of carbonyl (C=O) groups excluding carboxylic acids is 2. The van der Waals surface area contributed by atoms with Gasteiger partial charge in [-0.05, 0) is 6.42 Å². The van der Waals surface area contributed by atoms with E-state index in [0.717, 1.165) is 25.7 Å². The minimum absolute atomic E-state index is 0.219. The Bertz CT molecular complexity index is 504. The van der Waals surface area contributed by atoms with Crippen molar-refractivity contribution >= 4 is 23.9 Å². The Morgan fingerprint density at radius 1 is 0.889 bits per heavy atom. The van der Waals surface area contributed by atoms with Gasteiger partial charge in [0.1, 0.15) is 19.3 Å². The van der Waals surface area contributed by atoms with Crippen molar-refractivity contribution in [2.24, 2.45) is 0 Å². The Balaban J connectivity index is 4.10. The number of carbonyl (C=O) groups is 4. The molecule has 27 heavy (non-hydrogen) atoms. The number of rotatable bonds is 15. The Hall–Kier alpha value is -2.20. The number of aliphatic hydroxyl groups excluding tert-OH is 1. The molecule has 2 atom stereocenters. The van der Waals surface area contributed by atoms with Gasteiger partial charge < -0.3 is 29.9 Å². The summed E-state index contributed by atoms with van der Waals surface area (Å²) in [6.07, 6.45) is 1.43. The first kappa shape index (κ1) is 24.8. The van der Waals surface area contributed by atoms with E-state index in [1.165, 1.54) is 0 Å². The maximum atomic E-state index is 11.6. The van der Waals surface area contributed by atoms with Gasteiger partial charge in [-0.2, -0.15) is 0 Å². The van der Waals surface area contributed by atoms with Crippen LogP contribution in [0, 0.1) is 0 Å². The molecule has 0 heterocycles. The van der Waals surface area contributed by atoms with Crippen molar-refractivity contribution in [1.82, 2.24) is 0 Å². The van der Waals surface area contributed by atoms with E-state index < -0.39 is 61.6 Å². The number of unbranched alkanes of at least 4 members (excludes halogenated alkanes) is 4. The zero-order valence-electron chi connectivity index (χ0n) is 15.4. The van der Waals surface area contributed by atoms with Gasteiger partial charge in [0, 0.05) is 6.42 Å². The van der Waals surface area contributed by atoms with Gasteiger partial charge in [0.2, 0.25) is 0 Å². The molecule has 0 bridgehead atoms. The van der Waals surface area contributed by atoms with E-state index in [0.29, 0.717) is 6.42 Å². The van der Waals surface area contributed by atoms with Gasteiger partial charge in [0.15, 0.2) is 5.60 Å². The van der Waals surface area contributed by atoms with Gasteiger partial charge in [-0.1, -0.05) is 32.6 Å². The average Bonchev–Trinajstić information content (AvgIpc) is 2.57. The molecule has 0 aliphatic carbocycles. The highest BCUT2D eigenvalue weighted by Gasteiger charge is 2.41. The molecule has 0 aromatic rings. The molecule has 0 fully saturated rings. The molecule has 0 aliphatic rings. The molecule has 10 nitrogen and oxygen atoms in total. The smallest absolute Gasteiger partial charge is 0.336 e. The number of esters is 2. The third kappa shape index (κ3) is 11.9. The zero-order chi connectivity index (χ0) is 20.9. The minimum Gasteiger partial charge on any atom is -0.481 e. The van der Waals surface area contributed by atoms with Crippen LogP contribution in [0.2, 0.25) is 0 Å². The summed E-state index contributed by atoms with van der Waals surface area (Å²) >= 11 is 0. The van der Waals surface area contributed by atoms with E-state index in [4.69, 9.17) is 14.9 Å². The van der Waals surface area contributed by atoms with Crippen molar-refractivity contribution < 1.29 is 49.1 Å². The molecule has 4 N–H and O–H groups in total. The number of hydrogen-bond donors (Lipinski definition) is 4. The molecule has 2 unspecified atom stereocenters. The standard InChI is InChI=1S/C17H28O10/c1-2-3-4-5-6-7-14(21)26-10-12(18)11-27-15(22)9-17(25,16(23)24)8-13(19)20/h12,18,25H,2-11H2,1H3,(H,19,20)(H,23,24). The Kier molecular flexibility index (Phi) is 12.0. The lowest BCUT2D eigenvalue weighted by molar-refractivity contribution is -0.173. The maximum Gasteiger partial charge on any atom is 0.336 e. The molecule has 0 aromatic carbocycles. The van der Waals surface area contributed by atoms with Crippen molar-refractivity contribution in [1.29, 1.82) is 0 Å². The van der Waals surface area contributed by atoms with E-state index in [1.54, 1.807) is 0 Å². The first-order valence-corrected chi connectivity index (χ1v) is 8.77. The van der Waals surface area contributed by atoms with Crippen molar-refractivity contribution in [3.8, 4) is 0 Å². The third-order valence-electron chi connectivity index (χ3n) is 3.64. The molecule has 0 rings (SSSR count). The summed E-state index contributed by atoms with van der Waals surface area (Å²) in [6.45, 7) is 1.08. The number of carboxylic acid groups (broad SMARTS) is 2. The van der Waals surface area contributed by atoms with Gasteiger partial charge in [-0.25, -0.2) is 4.79 Å². The fourth-order valence-corrected chi connectivity index (χ4v) is 2.13. The normalized spacial score (nSPS) is 14.0. The Morgan fingerprint density at radius 2 is 1.44 bits per heavy atom. The lowest BCUT2D eigenvalue weighted by atomic mass is 9.96. The summed E-state index contributed by atoms with van der Waals surface area (Å²) in [7, 11) is 0. The highest BCUT2D eigenvalue weighted by atomic mass is 16.6.